The summed E-state index contributed by atoms with van der Waals surface area (Å²) < 4.78 is 15.0. The van der Waals surface area contributed by atoms with Gasteiger partial charge in [-0.25, -0.2) is 14.1 Å². The zero-order valence-electron chi connectivity index (χ0n) is 14.8. The summed E-state index contributed by atoms with van der Waals surface area (Å²) in [5, 5.41) is 7.14. The zero-order valence-corrected chi connectivity index (χ0v) is 15.6. The highest BCUT2D eigenvalue weighted by Crippen LogP contribution is 2.29. The van der Waals surface area contributed by atoms with E-state index >= 15 is 0 Å². The Morgan fingerprint density at radius 3 is 2.58 bits per heavy atom. The number of aryl methyl sites for hydroxylation is 3. The summed E-state index contributed by atoms with van der Waals surface area (Å²) in [6, 6.07) is 5.94. The second kappa shape index (κ2) is 6.80. The van der Waals surface area contributed by atoms with Gasteiger partial charge in [0.2, 0.25) is 0 Å². The number of nitrogens with zero attached hydrogens (tertiary/aromatic N) is 3. The highest BCUT2D eigenvalue weighted by molar-refractivity contribution is 7.17. The summed E-state index contributed by atoms with van der Waals surface area (Å²) in [6.07, 6.45) is 0. The van der Waals surface area contributed by atoms with Gasteiger partial charge in [0.25, 0.3) is 11.5 Å². The van der Waals surface area contributed by atoms with Gasteiger partial charge in [0.15, 0.2) is 0 Å². The minimum atomic E-state index is -0.516. The summed E-state index contributed by atoms with van der Waals surface area (Å²) in [5.74, 6) is -0.977. The van der Waals surface area contributed by atoms with E-state index in [0.29, 0.717) is 26.8 Å². The lowest BCUT2D eigenvalue weighted by molar-refractivity contribution is 0.102. The van der Waals surface area contributed by atoms with Crippen LogP contribution in [0.5, 0.6) is 0 Å². The molecule has 0 aliphatic carbocycles. The van der Waals surface area contributed by atoms with Gasteiger partial charge < -0.3 is 5.32 Å². The molecule has 0 fully saturated rings. The molecule has 0 bridgehead atoms. The van der Waals surface area contributed by atoms with Gasteiger partial charge in [0, 0.05) is 7.05 Å². The Bertz CT molecular complexity index is 1070. The minimum Gasteiger partial charge on any atom is -0.319 e. The molecule has 2 aromatic heterocycles. The average molecular weight is 372 g/mol. The molecule has 0 radical (unpaired) electrons. The third kappa shape index (κ3) is 3.15. The fourth-order valence-corrected chi connectivity index (χ4v) is 3.61. The summed E-state index contributed by atoms with van der Waals surface area (Å²) >= 11 is 1.10. The first-order valence-corrected chi connectivity index (χ1v) is 8.69. The molecule has 6 nitrogen and oxygen atoms in total. The van der Waals surface area contributed by atoms with Crippen LogP contribution in [0.1, 0.15) is 26.6 Å². The predicted octanol–water partition coefficient (Wildman–Crippen LogP) is 3.22. The lowest BCUT2D eigenvalue weighted by Crippen LogP contribution is -2.23. The Kier molecular flexibility index (Phi) is 4.69. The molecule has 0 atom stereocenters. The maximum Gasteiger partial charge on any atom is 0.277 e. The average Bonchev–Trinajstić information content (AvgIpc) is 2.97. The van der Waals surface area contributed by atoms with Gasteiger partial charge in [0.1, 0.15) is 15.7 Å². The van der Waals surface area contributed by atoms with Gasteiger partial charge in [-0.15, -0.1) is 11.3 Å². The normalized spacial score (nSPS) is 10.8. The Labute approximate surface area is 153 Å². The maximum atomic E-state index is 13.8. The van der Waals surface area contributed by atoms with Crippen molar-refractivity contribution in [2.45, 2.75) is 20.8 Å². The Morgan fingerprint density at radius 2 is 1.88 bits per heavy atom. The summed E-state index contributed by atoms with van der Waals surface area (Å²) in [7, 11) is 1.57. The number of carbonyl (C=O) groups is 1. The smallest absolute Gasteiger partial charge is 0.277 e. The summed E-state index contributed by atoms with van der Waals surface area (Å²) in [4.78, 5) is 29.7. The number of para-hydroxylation sites is 1. The number of thiazole rings is 1. The van der Waals surface area contributed by atoms with Crippen molar-refractivity contribution in [2.75, 3.05) is 5.32 Å². The van der Waals surface area contributed by atoms with Gasteiger partial charge in [-0.3, -0.25) is 9.59 Å². The summed E-state index contributed by atoms with van der Waals surface area (Å²) in [6.45, 7) is 5.30. The van der Waals surface area contributed by atoms with Crippen LogP contribution in [0.25, 0.3) is 10.6 Å². The van der Waals surface area contributed by atoms with E-state index in [2.05, 4.69) is 15.4 Å². The number of carbonyl (C=O) groups excluding carboxylic acids is 1. The standard InChI is InChI=1S/C18H17FN4O2S/c1-9-10(2)22-23(4)18(25)14(9)17-20-11(3)15(26-17)16(24)21-13-8-6-5-7-12(13)19/h5-8H,1-4H3,(H,21,24). The SMILES string of the molecule is Cc1nc(-c2c(C)c(C)nn(C)c2=O)sc1C(=O)Nc1ccccc1F. The monoisotopic (exact) mass is 372 g/mol. The van der Waals surface area contributed by atoms with E-state index in [1.54, 1.807) is 33.0 Å². The second-order valence-electron chi connectivity index (χ2n) is 5.88. The molecule has 0 spiro atoms. The Morgan fingerprint density at radius 1 is 1.19 bits per heavy atom. The number of nitrogens with one attached hydrogen (secondary N) is 1. The van der Waals surface area contributed by atoms with Crippen LogP contribution < -0.4 is 10.9 Å². The summed E-state index contributed by atoms with van der Waals surface area (Å²) in [5.41, 5.74) is 2.17. The van der Waals surface area contributed by atoms with Crippen LogP contribution in [0.15, 0.2) is 29.1 Å². The van der Waals surface area contributed by atoms with Gasteiger partial charge >= 0.3 is 0 Å². The molecule has 3 rings (SSSR count). The van der Waals surface area contributed by atoms with E-state index in [1.807, 2.05) is 6.92 Å². The van der Waals surface area contributed by atoms with Crippen LogP contribution >= 0.6 is 11.3 Å². The first kappa shape index (κ1) is 17.9. The van der Waals surface area contributed by atoms with E-state index in [0.717, 1.165) is 16.9 Å². The predicted molar refractivity (Wildman–Crippen MR) is 99.2 cm³/mol. The Hall–Kier alpha value is -2.87. The van der Waals surface area contributed by atoms with Crippen molar-refractivity contribution >= 4 is 22.9 Å². The number of benzene rings is 1. The molecule has 0 saturated carbocycles. The number of amides is 1. The van der Waals surface area contributed by atoms with Crippen molar-refractivity contribution in [2.24, 2.45) is 7.05 Å². The van der Waals surface area contributed by atoms with Crippen molar-refractivity contribution in [3.05, 3.63) is 62.3 Å². The van der Waals surface area contributed by atoms with E-state index < -0.39 is 11.7 Å². The lowest BCUT2D eigenvalue weighted by Gasteiger charge is -2.07. The fraction of sp³-hybridized carbons (Fsp3) is 0.222. The van der Waals surface area contributed by atoms with Gasteiger partial charge in [0.05, 0.1) is 22.6 Å². The quantitative estimate of drug-likeness (QED) is 0.766. The van der Waals surface area contributed by atoms with Crippen LogP contribution in [0.2, 0.25) is 0 Å². The topological polar surface area (TPSA) is 76.9 Å². The van der Waals surface area contributed by atoms with E-state index in [-0.39, 0.29) is 11.2 Å². The van der Waals surface area contributed by atoms with Gasteiger partial charge in [-0.2, -0.15) is 5.10 Å². The van der Waals surface area contributed by atoms with Crippen molar-refractivity contribution in [3.8, 4) is 10.6 Å². The second-order valence-corrected chi connectivity index (χ2v) is 6.88. The van der Waals surface area contributed by atoms with E-state index in [1.165, 1.54) is 16.8 Å². The molecule has 1 aromatic carbocycles. The number of rotatable bonds is 3. The largest absolute Gasteiger partial charge is 0.319 e. The van der Waals surface area contributed by atoms with E-state index in [4.69, 9.17) is 0 Å². The number of halogens is 1. The van der Waals surface area contributed by atoms with Crippen molar-refractivity contribution in [1.29, 1.82) is 0 Å². The van der Waals surface area contributed by atoms with E-state index in [9.17, 15) is 14.0 Å². The van der Waals surface area contributed by atoms with Gasteiger partial charge in [-0.05, 0) is 38.5 Å². The fourth-order valence-electron chi connectivity index (χ4n) is 2.56. The number of hydrogen-bond donors (Lipinski definition) is 1. The third-order valence-corrected chi connectivity index (χ3v) is 5.24. The first-order chi connectivity index (χ1) is 12.3. The Balaban J connectivity index is 2.02. The lowest BCUT2D eigenvalue weighted by atomic mass is 10.1. The van der Waals surface area contributed by atoms with Crippen LogP contribution in [0, 0.1) is 26.6 Å². The molecule has 0 unspecified atom stereocenters. The molecule has 1 amide bonds. The number of aromatic nitrogens is 3. The van der Waals surface area contributed by atoms with Gasteiger partial charge in [-0.1, -0.05) is 12.1 Å². The highest BCUT2D eigenvalue weighted by Gasteiger charge is 2.21. The van der Waals surface area contributed by atoms with Crippen LogP contribution in [0.3, 0.4) is 0 Å². The molecule has 134 valence electrons. The minimum absolute atomic E-state index is 0.0960. The first-order valence-electron chi connectivity index (χ1n) is 7.87. The van der Waals surface area contributed by atoms with Crippen molar-refractivity contribution < 1.29 is 9.18 Å². The maximum absolute atomic E-state index is 13.8. The zero-order chi connectivity index (χ0) is 19.0. The van der Waals surface area contributed by atoms with Crippen LogP contribution in [-0.2, 0) is 7.05 Å². The highest BCUT2D eigenvalue weighted by atomic mass is 32.1. The molecular formula is C18H17FN4O2S. The molecule has 0 saturated heterocycles. The molecule has 8 heteroatoms. The molecular weight excluding hydrogens is 355 g/mol. The molecule has 3 aromatic rings. The molecule has 0 aliphatic rings. The van der Waals surface area contributed by atoms with Crippen molar-refractivity contribution in [1.82, 2.24) is 14.8 Å². The number of hydrogen-bond acceptors (Lipinski definition) is 5. The van der Waals surface area contributed by atoms with Crippen molar-refractivity contribution in [3.63, 3.8) is 0 Å². The third-order valence-electron chi connectivity index (χ3n) is 4.06. The van der Waals surface area contributed by atoms with Crippen LogP contribution in [-0.4, -0.2) is 20.7 Å². The molecule has 1 N–H and O–H groups in total. The molecule has 2 heterocycles. The molecule has 0 aliphatic heterocycles. The van der Waals surface area contributed by atoms with Crippen LogP contribution in [0.4, 0.5) is 10.1 Å². The number of anilines is 1. The molecule has 26 heavy (non-hydrogen) atoms.